The van der Waals surface area contributed by atoms with Gasteiger partial charge in [-0.05, 0) is 0 Å². The predicted molar refractivity (Wildman–Crippen MR) is 89.1 cm³/mol. The van der Waals surface area contributed by atoms with Crippen LogP contribution in [0.15, 0.2) is 30.3 Å². The van der Waals surface area contributed by atoms with Crippen LogP contribution < -0.4 is 3.58 Å². The average Bonchev–Trinajstić information content (AvgIpc) is 2.51. The first-order chi connectivity index (χ1) is 9.45. The van der Waals surface area contributed by atoms with Gasteiger partial charge in [-0.25, -0.2) is 0 Å². The Morgan fingerprint density at radius 3 is 1.55 bits per heavy atom. The van der Waals surface area contributed by atoms with E-state index in [1.54, 1.807) is 25.7 Å². The van der Waals surface area contributed by atoms with E-state index in [0.717, 1.165) is 0 Å². The summed E-state index contributed by atoms with van der Waals surface area (Å²) < 4.78 is 4.17. The molecule has 0 aromatic heterocycles. The molecule has 0 saturated heterocycles. The maximum absolute atomic E-state index is 2.48. The molecule has 20 heavy (non-hydrogen) atoms. The van der Waals surface area contributed by atoms with Crippen molar-refractivity contribution < 1.29 is 5.48 Å². The fourth-order valence-electron chi connectivity index (χ4n) is 4.26. The van der Waals surface area contributed by atoms with Crippen LogP contribution in [0.4, 0.5) is 0 Å². The Bertz CT molecular complexity index is 348. The third kappa shape index (κ3) is 4.00. The predicted octanol–water partition coefficient (Wildman–Crippen LogP) is 4.23. The van der Waals surface area contributed by atoms with E-state index in [-0.39, 0.29) is 5.48 Å². The summed E-state index contributed by atoms with van der Waals surface area (Å²) in [6.45, 7) is 0. The number of hydrogen-bond acceptors (Lipinski definition) is 0. The zero-order chi connectivity index (χ0) is 12.9. The Labute approximate surface area is 131 Å². The molecule has 2 N–H and O–H groups in total. The van der Waals surface area contributed by atoms with Gasteiger partial charge in [0, 0.05) is 0 Å². The second-order valence-corrected chi connectivity index (χ2v) is 15.4. The van der Waals surface area contributed by atoms with Gasteiger partial charge in [0.2, 0.25) is 0 Å². The third-order valence-electron chi connectivity index (χ3n) is 5.20. The van der Waals surface area contributed by atoms with Crippen LogP contribution in [0.2, 0.25) is 7.87 Å². The minimum atomic E-state index is -1.43. The van der Waals surface area contributed by atoms with Gasteiger partial charge in [0.05, 0.1) is 0 Å². The molecule has 1 aromatic carbocycles. The Hall–Kier alpha value is -0.0213. The second-order valence-electron chi connectivity index (χ2n) is 6.49. The van der Waals surface area contributed by atoms with Crippen molar-refractivity contribution in [3.05, 3.63) is 30.3 Å². The Morgan fingerprint density at radius 1 is 0.650 bits per heavy atom. The van der Waals surface area contributed by atoms with Gasteiger partial charge in [0.1, 0.15) is 0 Å². The summed E-state index contributed by atoms with van der Waals surface area (Å²) in [5, 5.41) is 0. The van der Waals surface area contributed by atoms with Gasteiger partial charge < -0.3 is 5.48 Å². The van der Waals surface area contributed by atoms with Crippen LogP contribution in [-0.2, 0) is 0 Å². The molecule has 1 nitrogen and oxygen atoms in total. The second kappa shape index (κ2) is 8.43. The molecular formula is C18H29OSn. The van der Waals surface area contributed by atoms with E-state index in [9.17, 15) is 0 Å². The Kier molecular flexibility index (Phi) is 6.89. The average molecular weight is 380 g/mol. The van der Waals surface area contributed by atoms with E-state index >= 15 is 0 Å². The van der Waals surface area contributed by atoms with Gasteiger partial charge in [-0.3, -0.25) is 0 Å². The summed E-state index contributed by atoms with van der Waals surface area (Å²) in [5.41, 5.74) is 0. The van der Waals surface area contributed by atoms with Crippen molar-refractivity contribution in [2.75, 3.05) is 0 Å². The molecule has 1 radical (unpaired) electrons. The van der Waals surface area contributed by atoms with Crippen LogP contribution in [0, 0.1) is 0 Å². The SMILES string of the molecule is O.c1cc[c]([Sn]([CH]2CCCCC2)[CH]2CCCCC2)cc1. The number of hydrogen-bond donors (Lipinski definition) is 0. The molecule has 111 valence electrons. The molecule has 3 rings (SSSR count). The van der Waals surface area contributed by atoms with Gasteiger partial charge in [-0.15, -0.1) is 0 Å². The molecule has 2 aliphatic carbocycles. The van der Waals surface area contributed by atoms with Crippen LogP contribution >= 0.6 is 0 Å². The molecule has 2 saturated carbocycles. The van der Waals surface area contributed by atoms with Gasteiger partial charge in [-0.1, -0.05) is 0 Å². The summed E-state index contributed by atoms with van der Waals surface area (Å²) >= 11 is -1.43. The molecule has 0 aliphatic heterocycles. The van der Waals surface area contributed by atoms with E-state index < -0.39 is 19.8 Å². The molecule has 0 heterocycles. The normalized spacial score (nSPS) is 21.6. The van der Waals surface area contributed by atoms with Gasteiger partial charge in [-0.2, -0.15) is 0 Å². The van der Waals surface area contributed by atoms with Crippen molar-refractivity contribution in [1.82, 2.24) is 0 Å². The van der Waals surface area contributed by atoms with E-state index in [1.807, 2.05) is 3.58 Å². The maximum atomic E-state index is 2.48. The monoisotopic (exact) mass is 381 g/mol. The van der Waals surface area contributed by atoms with E-state index in [4.69, 9.17) is 0 Å². The Morgan fingerprint density at radius 2 is 1.10 bits per heavy atom. The Balaban J connectivity index is 0.00000147. The van der Waals surface area contributed by atoms with Crippen molar-refractivity contribution in [3.63, 3.8) is 0 Å². The van der Waals surface area contributed by atoms with E-state index in [0.29, 0.717) is 0 Å². The standard InChI is InChI=1S/2C6H11.C6H5.H2O.Sn/c3*1-2-4-6-5-3-1;;/h2*1H,2-6H2;1-5H;1H2;. The molecular weight excluding hydrogens is 351 g/mol. The summed E-state index contributed by atoms with van der Waals surface area (Å²) in [6.07, 6.45) is 15.4. The van der Waals surface area contributed by atoms with Gasteiger partial charge >= 0.3 is 126 Å². The van der Waals surface area contributed by atoms with Crippen LogP contribution in [0.25, 0.3) is 0 Å². The molecule has 0 spiro atoms. The van der Waals surface area contributed by atoms with Crippen LogP contribution in [0.5, 0.6) is 0 Å². The molecule has 0 atom stereocenters. The fourth-order valence-corrected chi connectivity index (χ4v) is 16.4. The molecule has 2 heteroatoms. The van der Waals surface area contributed by atoms with Crippen molar-refractivity contribution in [3.8, 4) is 0 Å². The van der Waals surface area contributed by atoms with Gasteiger partial charge in [0.25, 0.3) is 0 Å². The molecule has 1 aromatic rings. The summed E-state index contributed by atoms with van der Waals surface area (Å²) in [5.74, 6) is 0. The van der Waals surface area contributed by atoms with Gasteiger partial charge in [0.15, 0.2) is 0 Å². The zero-order valence-electron chi connectivity index (χ0n) is 12.6. The first kappa shape index (κ1) is 16.4. The third-order valence-corrected chi connectivity index (χ3v) is 16.4. The van der Waals surface area contributed by atoms with Crippen LogP contribution in [0.1, 0.15) is 64.2 Å². The molecule has 2 fully saturated rings. The van der Waals surface area contributed by atoms with Crippen molar-refractivity contribution in [2.45, 2.75) is 72.1 Å². The molecule has 0 amide bonds. The van der Waals surface area contributed by atoms with E-state index in [1.165, 1.54) is 46.4 Å². The molecule has 2 aliphatic rings. The van der Waals surface area contributed by atoms with Crippen LogP contribution in [0.3, 0.4) is 0 Å². The quantitative estimate of drug-likeness (QED) is 0.703. The van der Waals surface area contributed by atoms with Crippen molar-refractivity contribution in [2.24, 2.45) is 0 Å². The van der Waals surface area contributed by atoms with Crippen molar-refractivity contribution in [1.29, 1.82) is 0 Å². The summed E-state index contributed by atoms with van der Waals surface area (Å²) in [6, 6.07) is 11.8. The zero-order valence-corrected chi connectivity index (χ0v) is 15.5. The summed E-state index contributed by atoms with van der Waals surface area (Å²) in [4.78, 5) is 0. The number of rotatable bonds is 3. The molecule has 0 bridgehead atoms. The van der Waals surface area contributed by atoms with Crippen molar-refractivity contribution >= 4 is 23.3 Å². The first-order valence-electron chi connectivity index (χ1n) is 8.37. The molecule has 0 unspecified atom stereocenters. The fraction of sp³-hybridized carbons (Fsp3) is 0.667. The number of benzene rings is 1. The minimum absolute atomic E-state index is 0. The summed E-state index contributed by atoms with van der Waals surface area (Å²) in [7, 11) is 0. The van der Waals surface area contributed by atoms with E-state index in [2.05, 4.69) is 30.3 Å². The van der Waals surface area contributed by atoms with Crippen LogP contribution in [-0.4, -0.2) is 25.2 Å². The first-order valence-corrected chi connectivity index (χ1v) is 13.1. The topological polar surface area (TPSA) is 31.5 Å².